The smallest absolute Gasteiger partial charge is 0.243 e. The molecule has 0 saturated carbocycles. The van der Waals surface area contributed by atoms with Gasteiger partial charge in [-0.25, -0.2) is 8.42 Å². The second kappa shape index (κ2) is 9.36. The third-order valence-corrected chi connectivity index (χ3v) is 7.55. The van der Waals surface area contributed by atoms with Crippen LogP contribution in [0.15, 0.2) is 45.9 Å². The zero-order valence-electron chi connectivity index (χ0n) is 16.7. The molecule has 0 unspecified atom stereocenters. The fraction of sp³-hybridized carbons (Fsp3) is 0.429. The van der Waals surface area contributed by atoms with Crippen molar-refractivity contribution in [3.05, 3.63) is 57.8 Å². The lowest BCUT2D eigenvalue weighted by molar-refractivity contribution is -0.126. The van der Waals surface area contributed by atoms with Crippen molar-refractivity contribution in [1.29, 1.82) is 0 Å². The van der Waals surface area contributed by atoms with Gasteiger partial charge in [-0.05, 0) is 61.6 Å². The average Bonchev–Trinajstić information content (AvgIpc) is 2.71. The van der Waals surface area contributed by atoms with Crippen LogP contribution in [0, 0.1) is 12.8 Å². The first-order valence-electron chi connectivity index (χ1n) is 9.78. The maximum absolute atomic E-state index is 12.9. The van der Waals surface area contributed by atoms with E-state index in [1.807, 2.05) is 31.3 Å². The summed E-state index contributed by atoms with van der Waals surface area (Å²) >= 11 is 3.36. The topological polar surface area (TPSA) is 79.4 Å². The molecule has 0 atom stereocenters. The summed E-state index contributed by atoms with van der Waals surface area (Å²) in [5.74, 6) is -0.220. The second-order valence-corrected chi connectivity index (χ2v) is 10.2. The summed E-state index contributed by atoms with van der Waals surface area (Å²) < 4.78 is 28.1. The molecule has 1 amide bonds. The standard InChI is InChI=1S/C21H26BrN3O3S/c1-3-16-4-5-19(23-13-16)14-24-21(26)17-6-8-25(9-7-17)29(27,28)20-11-15(2)10-18(22)12-20/h4-5,10-13,17H,3,6-9,14H2,1-2H3,(H,24,26). The number of nitrogens with one attached hydrogen (secondary N) is 1. The first-order chi connectivity index (χ1) is 13.8. The van der Waals surface area contributed by atoms with Crippen LogP contribution in [0.25, 0.3) is 0 Å². The van der Waals surface area contributed by atoms with Gasteiger partial charge in [-0.3, -0.25) is 9.78 Å². The second-order valence-electron chi connectivity index (χ2n) is 7.37. The van der Waals surface area contributed by atoms with Gasteiger partial charge in [-0.15, -0.1) is 0 Å². The maximum Gasteiger partial charge on any atom is 0.243 e. The fourth-order valence-electron chi connectivity index (χ4n) is 3.45. The minimum Gasteiger partial charge on any atom is -0.350 e. The molecule has 29 heavy (non-hydrogen) atoms. The number of carbonyl (C=O) groups excluding carboxylic acids is 1. The van der Waals surface area contributed by atoms with E-state index in [0.717, 1.165) is 27.7 Å². The average molecular weight is 480 g/mol. The Morgan fingerprint density at radius 2 is 1.97 bits per heavy atom. The zero-order chi connectivity index (χ0) is 21.0. The third-order valence-electron chi connectivity index (χ3n) is 5.22. The first kappa shape index (κ1) is 21.9. The van der Waals surface area contributed by atoms with Gasteiger partial charge in [0.05, 0.1) is 17.1 Å². The Hall–Kier alpha value is -1.77. The summed E-state index contributed by atoms with van der Waals surface area (Å²) in [5, 5.41) is 2.93. The SMILES string of the molecule is CCc1ccc(CNC(=O)C2CCN(S(=O)(=O)c3cc(C)cc(Br)c3)CC2)nc1. The minimum absolute atomic E-state index is 0.0401. The fourth-order valence-corrected chi connectivity index (χ4v) is 5.81. The predicted molar refractivity (Wildman–Crippen MR) is 116 cm³/mol. The molecule has 3 rings (SSSR count). The van der Waals surface area contributed by atoms with E-state index in [1.165, 1.54) is 4.31 Å². The molecule has 8 heteroatoms. The Labute approximate surface area is 180 Å². The van der Waals surface area contributed by atoms with Gasteiger partial charge in [-0.1, -0.05) is 28.9 Å². The van der Waals surface area contributed by atoms with Crippen molar-refractivity contribution < 1.29 is 13.2 Å². The van der Waals surface area contributed by atoms with E-state index in [2.05, 4.69) is 33.2 Å². The van der Waals surface area contributed by atoms with Crippen molar-refractivity contribution >= 4 is 31.9 Å². The largest absolute Gasteiger partial charge is 0.350 e. The molecule has 2 heterocycles. The number of hydrogen-bond acceptors (Lipinski definition) is 4. The summed E-state index contributed by atoms with van der Waals surface area (Å²) in [4.78, 5) is 17.1. The number of carbonyl (C=O) groups is 1. The molecule has 1 aromatic heterocycles. The van der Waals surface area contributed by atoms with E-state index in [-0.39, 0.29) is 16.7 Å². The molecule has 1 N–H and O–H groups in total. The number of amides is 1. The highest BCUT2D eigenvalue weighted by atomic mass is 79.9. The Morgan fingerprint density at radius 3 is 2.55 bits per heavy atom. The minimum atomic E-state index is -3.56. The Bertz CT molecular complexity index is 949. The summed E-state index contributed by atoms with van der Waals surface area (Å²) in [5.41, 5.74) is 2.86. The van der Waals surface area contributed by atoms with Gasteiger partial charge in [0.15, 0.2) is 0 Å². The molecule has 156 valence electrons. The number of aromatic nitrogens is 1. The first-order valence-corrected chi connectivity index (χ1v) is 12.0. The number of nitrogens with zero attached hydrogens (tertiary/aromatic N) is 2. The van der Waals surface area contributed by atoms with E-state index in [1.54, 1.807) is 12.1 Å². The van der Waals surface area contributed by atoms with Crippen LogP contribution in [-0.4, -0.2) is 36.7 Å². The summed E-state index contributed by atoms with van der Waals surface area (Å²) in [6, 6.07) is 9.11. The Balaban J connectivity index is 1.55. The molecule has 1 aromatic carbocycles. The molecule has 0 aliphatic carbocycles. The van der Waals surface area contributed by atoms with Crippen molar-refractivity contribution in [3.8, 4) is 0 Å². The normalized spacial score (nSPS) is 16.0. The van der Waals surface area contributed by atoms with Crippen LogP contribution in [0.5, 0.6) is 0 Å². The lowest BCUT2D eigenvalue weighted by Crippen LogP contribution is -2.42. The Morgan fingerprint density at radius 1 is 1.24 bits per heavy atom. The molecule has 1 saturated heterocycles. The van der Waals surface area contributed by atoms with Gasteiger partial charge in [0.2, 0.25) is 15.9 Å². The number of piperidine rings is 1. The van der Waals surface area contributed by atoms with Crippen LogP contribution in [0.1, 0.15) is 36.6 Å². The summed E-state index contributed by atoms with van der Waals surface area (Å²) in [6.07, 6.45) is 3.79. The van der Waals surface area contributed by atoms with Crippen LogP contribution in [-0.2, 0) is 27.8 Å². The predicted octanol–water partition coefficient (Wildman–Crippen LogP) is 3.43. The number of benzene rings is 1. The van der Waals surface area contributed by atoms with E-state index >= 15 is 0 Å². The molecule has 1 aliphatic rings. The molecule has 1 fully saturated rings. The van der Waals surface area contributed by atoms with Crippen molar-refractivity contribution in [3.63, 3.8) is 0 Å². The highest BCUT2D eigenvalue weighted by Crippen LogP contribution is 2.26. The van der Waals surface area contributed by atoms with E-state index in [0.29, 0.717) is 32.5 Å². The molecular weight excluding hydrogens is 454 g/mol. The quantitative estimate of drug-likeness (QED) is 0.687. The highest BCUT2D eigenvalue weighted by Gasteiger charge is 2.32. The molecule has 6 nitrogen and oxygen atoms in total. The molecular formula is C21H26BrN3O3S. The zero-order valence-corrected chi connectivity index (χ0v) is 19.1. The van der Waals surface area contributed by atoms with Crippen LogP contribution in [0.2, 0.25) is 0 Å². The summed E-state index contributed by atoms with van der Waals surface area (Å²) in [7, 11) is -3.56. The van der Waals surface area contributed by atoms with Crippen LogP contribution >= 0.6 is 15.9 Å². The van der Waals surface area contributed by atoms with Crippen LogP contribution in [0.4, 0.5) is 0 Å². The number of hydrogen-bond donors (Lipinski definition) is 1. The van der Waals surface area contributed by atoms with Gasteiger partial charge < -0.3 is 5.32 Å². The van der Waals surface area contributed by atoms with E-state index < -0.39 is 10.0 Å². The molecule has 2 aromatic rings. The van der Waals surface area contributed by atoms with E-state index in [4.69, 9.17) is 0 Å². The highest BCUT2D eigenvalue weighted by molar-refractivity contribution is 9.10. The van der Waals surface area contributed by atoms with Gasteiger partial charge in [0.25, 0.3) is 0 Å². The van der Waals surface area contributed by atoms with Gasteiger partial charge >= 0.3 is 0 Å². The van der Waals surface area contributed by atoms with E-state index in [9.17, 15) is 13.2 Å². The van der Waals surface area contributed by atoms with Crippen LogP contribution < -0.4 is 5.32 Å². The molecule has 0 spiro atoms. The number of halogens is 1. The number of aryl methyl sites for hydroxylation is 2. The monoisotopic (exact) mass is 479 g/mol. The molecule has 0 radical (unpaired) electrons. The van der Waals surface area contributed by atoms with Crippen molar-refractivity contribution in [2.45, 2.75) is 44.6 Å². The lowest BCUT2D eigenvalue weighted by atomic mass is 9.97. The number of rotatable bonds is 6. The summed E-state index contributed by atoms with van der Waals surface area (Å²) in [6.45, 7) is 5.01. The maximum atomic E-state index is 12.9. The number of pyridine rings is 1. The van der Waals surface area contributed by atoms with Crippen molar-refractivity contribution in [2.75, 3.05) is 13.1 Å². The number of sulfonamides is 1. The van der Waals surface area contributed by atoms with Crippen molar-refractivity contribution in [1.82, 2.24) is 14.6 Å². The molecule has 0 bridgehead atoms. The van der Waals surface area contributed by atoms with Crippen LogP contribution in [0.3, 0.4) is 0 Å². The van der Waals surface area contributed by atoms with Crippen molar-refractivity contribution in [2.24, 2.45) is 5.92 Å². The van der Waals surface area contributed by atoms with Gasteiger partial charge in [0.1, 0.15) is 0 Å². The van der Waals surface area contributed by atoms with Gasteiger partial charge in [-0.2, -0.15) is 4.31 Å². The lowest BCUT2D eigenvalue weighted by Gasteiger charge is -2.30. The molecule has 1 aliphatic heterocycles. The third kappa shape index (κ3) is 5.43. The van der Waals surface area contributed by atoms with Gasteiger partial charge in [0, 0.05) is 29.7 Å². The Kier molecular flexibility index (Phi) is 7.08.